The topological polar surface area (TPSA) is 0 Å². The predicted octanol–water partition coefficient (Wildman–Crippen LogP) is 0.829. The molecule has 1 aromatic carbocycles. The number of thiophene rings is 1. The Morgan fingerprint density at radius 3 is 2.77 bits per heavy atom. The van der Waals surface area contributed by atoms with Crippen molar-refractivity contribution in [3.05, 3.63) is 35.2 Å². The molecular weight excluding hydrogens is 250 g/mol. The molecule has 0 N–H and O–H groups in total. The Labute approximate surface area is 132 Å². The average Bonchev–Trinajstić information content (AvgIpc) is 2.49. The standard InChI is InChI=1S/C11H11S.Rb/c1-8(2)10-4-3-9-5-6-12-11(9)7-10;/h3-5,7-8H,1-2H3;/q-1;+1. The average molecular weight is 261 g/mol. The number of hydrogen-bond donors (Lipinski definition) is 0. The van der Waals surface area contributed by atoms with Gasteiger partial charge in [0.2, 0.25) is 0 Å². The van der Waals surface area contributed by atoms with Crippen LogP contribution in [-0.4, -0.2) is 0 Å². The molecule has 0 amide bonds. The van der Waals surface area contributed by atoms with Crippen LogP contribution in [0.5, 0.6) is 0 Å². The van der Waals surface area contributed by atoms with Crippen molar-refractivity contribution in [1.29, 1.82) is 0 Å². The van der Waals surface area contributed by atoms with E-state index in [0.29, 0.717) is 5.92 Å². The Kier molecular flexibility index (Phi) is 4.80. The van der Waals surface area contributed by atoms with Crippen molar-refractivity contribution in [2.45, 2.75) is 19.8 Å². The van der Waals surface area contributed by atoms with Crippen molar-refractivity contribution < 1.29 is 58.2 Å². The van der Waals surface area contributed by atoms with E-state index in [0.717, 1.165) is 0 Å². The van der Waals surface area contributed by atoms with E-state index in [2.05, 4.69) is 37.4 Å². The summed E-state index contributed by atoms with van der Waals surface area (Å²) >= 11 is 1.69. The summed E-state index contributed by atoms with van der Waals surface area (Å²) in [5.41, 5.74) is 1.42. The van der Waals surface area contributed by atoms with Gasteiger partial charge in [-0.1, -0.05) is 25.5 Å². The minimum absolute atomic E-state index is 0. The van der Waals surface area contributed by atoms with Gasteiger partial charge in [-0.3, -0.25) is 11.3 Å². The van der Waals surface area contributed by atoms with Crippen LogP contribution in [0.1, 0.15) is 25.3 Å². The summed E-state index contributed by atoms with van der Waals surface area (Å²) in [5.74, 6) is 0.622. The molecule has 1 aromatic heterocycles. The summed E-state index contributed by atoms with van der Waals surface area (Å²) in [7, 11) is 0. The molecule has 0 nitrogen and oxygen atoms in total. The molecule has 0 bridgehead atoms. The van der Waals surface area contributed by atoms with E-state index in [4.69, 9.17) is 0 Å². The molecule has 13 heavy (non-hydrogen) atoms. The molecule has 0 aliphatic heterocycles. The smallest absolute Gasteiger partial charge is 0.296 e. The van der Waals surface area contributed by atoms with E-state index in [1.807, 2.05) is 6.07 Å². The second-order valence-corrected chi connectivity index (χ2v) is 4.20. The monoisotopic (exact) mass is 260 g/mol. The molecule has 0 fully saturated rings. The van der Waals surface area contributed by atoms with Crippen LogP contribution in [0.25, 0.3) is 10.1 Å². The Bertz CT molecular complexity index is 390. The van der Waals surface area contributed by atoms with Crippen molar-refractivity contribution >= 4 is 21.4 Å². The normalized spacial score (nSPS) is 10.4. The van der Waals surface area contributed by atoms with Crippen LogP contribution < -0.4 is 58.2 Å². The molecule has 2 aromatic rings. The quantitative estimate of drug-likeness (QED) is 0.667. The van der Waals surface area contributed by atoms with Gasteiger partial charge in [0, 0.05) is 0 Å². The fraction of sp³-hybridized carbons (Fsp3) is 0.273. The van der Waals surface area contributed by atoms with Crippen LogP contribution in [0.4, 0.5) is 0 Å². The van der Waals surface area contributed by atoms with Gasteiger partial charge in [0.25, 0.3) is 0 Å². The van der Waals surface area contributed by atoms with Crippen LogP contribution in [0.2, 0.25) is 0 Å². The molecule has 0 atom stereocenters. The summed E-state index contributed by atoms with van der Waals surface area (Å²) in [6, 6.07) is 8.69. The van der Waals surface area contributed by atoms with Crippen molar-refractivity contribution in [2.75, 3.05) is 0 Å². The van der Waals surface area contributed by atoms with Crippen molar-refractivity contribution in [2.24, 2.45) is 0 Å². The van der Waals surface area contributed by atoms with Crippen molar-refractivity contribution in [3.8, 4) is 0 Å². The van der Waals surface area contributed by atoms with E-state index in [-0.39, 0.29) is 58.2 Å². The number of hydrogen-bond acceptors (Lipinski definition) is 1. The first-order chi connectivity index (χ1) is 5.77. The summed E-state index contributed by atoms with van der Waals surface area (Å²) in [6.07, 6.45) is 0. The molecule has 62 valence electrons. The molecule has 2 rings (SSSR count). The molecule has 0 saturated carbocycles. The Morgan fingerprint density at radius 2 is 2.08 bits per heavy atom. The Balaban J connectivity index is 0.000000845. The summed E-state index contributed by atoms with van der Waals surface area (Å²) in [4.78, 5) is 0. The largest absolute Gasteiger partial charge is 1.00 e. The zero-order valence-corrected chi connectivity index (χ0v) is 14.0. The van der Waals surface area contributed by atoms with Crippen LogP contribution in [0.3, 0.4) is 0 Å². The van der Waals surface area contributed by atoms with Crippen LogP contribution >= 0.6 is 11.3 Å². The molecule has 0 spiro atoms. The summed E-state index contributed by atoms with van der Waals surface area (Å²) < 4.78 is 1.35. The van der Waals surface area contributed by atoms with E-state index in [1.54, 1.807) is 11.3 Å². The van der Waals surface area contributed by atoms with Crippen molar-refractivity contribution in [1.82, 2.24) is 0 Å². The molecule has 0 unspecified atom stereocenters. The van der Waals surface area contributed by atoms with E-state index < -0.39 is 0 Å². The SMILES string of the molecule is CC(C)c1ccc2c[c-]sc2c1.[Rb+]. The van der Waals surface area contributed by atoms with Gasteiger partial charge in [0.15, 0.2) is 0 Å². The van der Waals surface area contributed by atoms with Crippen LogP contribution in [0, 0.1) is 5.38 Å². The van der Waals surface area contributed by atoms with Crippen molar-refractivity contribution in [3.63, 3.8) is 0 Å². The van der Waals surface area contributed by atoms with Gasteiger partial charge in [0.05, 0.1) is 0 Å². The molecule has 0 aliphatic carbocycles. The number of benzene rings is 1. The molecule has 2 heteroatoms. The maximum atomic E-state index is 3.15. The van der Waals surface area contributed by atoms with Gasteiger partial charge in [0.1, 0.15) is 0 Å². The van der Waals surface area contributed by atoms with Gasteiger partial charge in [-0.25, -0.2) is 0 Å². The van der Waals surface area contributed by atoms with Gasteiger partial charge < -0.3 is 0 Å². The minimum Gasteiger partial charge on any atom is -0.296 e. The second-order valence-electron chi connectivity index (χ2n) is 3.32. The van der Waals surface area contributed by atoms with E-state index >= 15 is 0 Å². The fourth-order valence-corrected chi connectivity index (χ4v) is 2.03. The number of fused-ring (bicyclic) bond motifs is 1. The summed E-state index contributed by atoms with van der Waals surface area (Å²) in [5, 5.41) is 4.46. The maximum Gasteiger partial charge on any atom is 1.00 e. The fourth-order valence-electron chi connectivity index (χ4n) is 1.27. The third-order valence-electron chi connectivity index (χ3n) is 2.09. The van der Waals surface area contributed by atoms with Crippen LogP contribution in [-0.2, 0) is 0 Å². The third kappa shape index (κ3) is 2.72. The van der Waals surface area contributed by atoms with Gasteiger partial charge in [-0.15, -0.1) is 22.2 Å². The van der Waals surface area contributed by atoms with Gasteiger partial charge in [-0.2, -0.15) is 11.5 Å². The first kappa shape index (κ1) is 12.1. The van der Waals surface area contributed by atoms with E-state index in [1.165, 1.54) is 15.6 Å². The predicted molar refractivity (Wildman–Crippen MR) is 54.8 cm³/mol. The molecule has 0 radical (unpaired) electrons. The molecule has 0 saturated heterocycles. The Morgan fingerprint density at radius 1 is 1.31 bits per heavy atom. The molecule has 1 heterocycles. The van der Waals surface area contributed by atoms with Crippen LogP contribution in [0.15, 0.2) is 24.3 Å². The molecular formula is C11H11RbS. The second kappa shape index (κ2) is 5.17. The molecule has 0 aliphatic rings. The Hall–Kier alpha value is 0.985. The van der Waals surface area contributed by atoms with Gasteiger partial charge >= 0.3 is 58.2 Å². The number of rotatable bonds is 1. The zero-order valence-electron chi connectivity index (χ0n) is 8.29. The summed E-state index contributed by atoms with van der Waals surface area (Å²) in [6.45, 7) is 4.44. The first-order valence-electron chi connectivity index (χ1n) is 4.17. The third-order valence-corrected chi connectivity index (χ3v) is 2.90. The van der Waals surface area contributed by atoms with E-state index in [9.17, 15) is 0 Å². The zero-order chi connectivity index (χ0) is 8.55. The maximum absolute atomic E-state index is 3.15. The van der Waals surface area contributed by atoms with Gasteiger partial charge in [-0.05, 0) is 5.92 Å². The first-order valence-corrected chi connectivity index (χ1v) is 4.98. The minimum atomic E-state index is 0.